The number of carbonyl (C=O) groups excluding carboxylic acids is 1. The topological polar surface area (TPSA) is 73.2 Å². The average Bonchev–Trinajstić information content (AvgIpc) is 2.75. The van der Waals surface area contributed by atoms with Gasteiger partial charge in [-0.3, -0.25) is 19.0 Å². The molecule has 0 bridgehead atoms. The van der Waals surface area contributed by atoms with Gasteiger partial charge in [0.1, 0.15) is 5.56 Å². The monoisotopic (exact) mass is 241 g/mol. The van der Waals surface area contributed by atoms with Gasteiger partial charge in [0.15, 0.2) is 5.16 Å². The largest absolute Gasteiger partial charge is 0.286 e. The molecule has 16 heavy (non-hydrogen) atoms. The highest BCUT2D eigenvalue weighted by Crippen LogP contribution is 2.20. The summed E-state index contributed by atoms with van der Waals surface area (Å²) in [6, 6.07) is 0. The van der Waals surface area contributed by atoms with Crippen LogP contribution in [0.2, 0.25) is 0 Å². The fourth-order valence-electron chi connectivity index (χ4n) is 1.37. The molecule has 1 aliphatic rings. The van der Waals surface area contributed by atoms with Crippen molar-refractivity contribution >= 4 is 17.7 Å². The predicted molar refractivity (Wildman–Crippen MR) is 58.3 cm³/mol. The van der Waals surface area contributed by atoms with Crippen LogP contribution in [0.4, 0.5) is 0 Å². The second-order valence-corrected chi connectivity index (χ2v) is 4.19. The van der Waals surface area contributed by atoms with Crippen molar-refractivity contribution in [1.29, 1.82) is 0 Å². The van der Waals surface area contributed by atoms with Crippen molar-refractivity contribution in [3.05, 3.63) is 22.1 Å². The standard InChI is InChI=1S/C9H11N3O3S/c1-2-15-11-7(13)6-5-10-9-12(8(6)14)3-4-16-9/h5H,2-4H2,1H3,(H,11,13). The molecule has 0 unspecified atom stereocenters. The zero-order valence-corrected chi connectivity index (χ0v) is 9.54. The molecular weight excluding hydrogens is 230 g/mol. The molecule has 1 N–H and O–H groups in total. The van der Waals surface area contributed by atoms with E-state index in [0.29, 0.717) is 18.3 Å². The normalized spacial score (nSPS) is 13.6. The molecule has 0 aromatic carbocycles. The van der Waals surface area contributed by atoms with E-state index in [4.69, 9.17) is 4.84 Å². The van der Waals surface area contributed by atoms with Crippen LogP contribution in [-0.2, 0) is 11.4 Å². The van der Waals surface area contributed by atoms with Crippen LogP contribution in [0.25, 0.3) is 0 Å². The molecule has 0 saturated heterocycles. The van der Waals surface area contributed by atoms with E-state index in [9.17, 15) is 9.59 Å². The van der Waals surface area contributed by atoms with Crippen LogP contribution >= 0.6 is 11.8 Å². The summed E-state index contributed by atoms with van der Waals surface area (Å²) in [7, 11) is 0. The van der Waals surface area contributed by atoms with Crippen molar-refractivity contribution in [3.63, 3.8) is 0 Å². The molecule has 2 rings (SSSR count). The third kappa shape index (κ3) is 1.96. The highest BCUT2D eigenvalue weighted by atomic mass is 32.2. The Morgan fingerprint density at radius 3 is 3.31 bits per heavy atom. The SMILES string of the molecule is CCONC(=O)c1cnc2n(c1=O)CCS2. The van der Waals surface area contributed by atoms with Gasteiger partial charge >= 0.3 is 0 Å². The van der Waals surface area contributed by atoms with Crippen molar-refractivity contribution in [2.75, 3.05) is 12.4 Å². The third-order valence-electron chi connectivity index (χ3n) is 2.11. The fraction of sp³-hybridized carbons (Fsp3) is 0.444. The number of aromatic nitrogens is 2. The molecule has 86 valence electrons. The molecule has 1 aromatic rings. The van der Waals surface area contributed by atoms with Gasteiger partial charge in [-0.25, -0.2) is 10.5 Å². The molecule has 1 aromatic heterocycles. The number of hydroxylamine groups is 1. The van der Waals surface area contributed by atoms with Crippen LogP contribution < -0.4 is 11.0 Å². The van der Waals surface area contributed by atoms with Gasteiger partial charge in [0, 0.05) is 18.5 Å². The van der Waals surface area contributed by atoms with Gasteiger partial charge in [0.05, 0.1) is 6.61 Å². The second-order valence-electron chi connectivity index (χ2n) is 3.12. The molecule has 0 spiro atoms. The number of thioether (sulfide) groups is 1. The van der Waals surface area contributed by atoms with Crippen molar-refractivity contribution in [2.24, 2.45) is 0 Å². The van der Waals surface area contributed by atoms with Crippen LogP contribution in [0, 0.1) is 0 Å². The zero-order chi connectivity index (χ0) is 11.5. The molecule has 0 saturated carbocycles. The summed E-state index contributed by atoms with van der Waals surface area (Å²) in [6.45, 7) is 2.69. The molecule has 1 amide bonds. The van der Waals surface area contributed by atoms with Gasteiger partial charge in [-0.2, -0.15) is 0 Å². The lowest BCUT2D eigenvalue weighted by Crippen LogP contribution is -2.33. The lowest BCUT2D eigenvalue weighted by molar-refractivity contribution is 0.0362. The van der Waals surface area contributed by atoms with E-state index < -0.39 is 5.91 Å². The Labute approximate surface area is 96.0 Å². The van der Waals surface area contributed by atoms with Crippen molar-refractivity contribution in [2.45, 2.75) is 18.6 Å². The number of carbonyl (C=O) groups is 1. The second kappa shape index (κ2) is 4.67. The smallest absolute Gasteiger partial charge is 0.282 e. The van der Waals surface area contributed by atoms with Gasteiger partial charge in [-0.1, -0.05) is 11.8 Å². The Morgan fingerprint density at radius 2 is 2.56 bits per heavy atom. The van der Waals surface area contributed by atoms with Gasteiger partial charge in [-0.05, 0) is 6.92 Å². The van der Waals surface area contributed by atoms with E-state index in [0.717, 1.165) is 5.75 Å². The first-order valence-corrected chi connectivity index (χ1v) is 5.87. The average molecular weight is 241 g/mol. The maximum atomic E-state index is 11.9. The minimum atomic E-state index is -0.549. The Kier molecular flexibility index (Phi) is 3.25. The highest BCUT2D eigenvalue weighted by Gasteiger charge is 2.19. The van der Waals surface area contributed by atoms with Crippen molar-refractivity contribution < 1.29 is 9.63 Å². The maximum absolute atomic E-state index is 11.9. The number of nitrogens with zero attached hydrogens (tertiary/aromatic N) is 2. The summed E-state index contributed by atoms with van der Waals surface area (Å²) < 4.78 is 1.51. The van der Waals surface area contributed by atoms with E-state index in [2.05, 4.69) is 10.5 Å². The quantitative estimate of drug-likeness (QED) is 0.597. The molecule has 0 fully saturated rings. The highest BCUT2D eigenvalue weighted by molar-refractivity contribution is 7.99. The van der Waals surface area contributed by atoms with Gasteiger partial charge in [0.2, 0.25) is 0 Å². The molecule has 0 radical (unpaired) electrons. The molecule has 7 heteroatoms. The Balaban J connectivity index is 2.29. The minimum Gasteiger partial charge on any atom is -0.286 e. The Bertz CT molecular complexity index is 472. The van der Waals surface area contributed by atoms with Crippen LogP contribution in [0.1, 0.15) is 17.3 Å². The van der Waals surface area contributed by atoms with Gasteiger partial charge in [-0.15, -0.1) is 0 Å². The summed E-state index contributed by atoms with van der Waals surface area (Å²) in [6.07, 6.45) is 1.29. The number of nitrogens with one attached hydrogen (secondary N) is 1. The third-order valence-corrected chi connectivity index (χ3v) is 3.08. The lowest BCUT2D eigenvalue weighted by Gasteiger charge is -2.05. The minimum absolute atomic E-state index is 0.0136. The van der Waals surface area contributed by atoms with Crippen LogP contribution in [0.3, 0.4) is 0 Å². The number of hydrogen-bond donors (Lipinski definition) is 1. The first kappa shape index (κ1) is 11.2. The van der Waals surface area contributed by atoms with Gasteiger partial charge < -0.3 is 0 Å². The van der Waals surface area contributed by atoms with Gasteiger partial charge in [0.25, 0.3) is 11.5 Å². The zero-order valence-electron chi connectivity index (χ0n) is 8.73. The summed E-state index contributed by atoms with van der Waals surface area (Å²) in [5, 5.41) is 0.665. The molecule has 1 aliphatic heterocycles. The van der Waals surface area contributed by atoms with E-state index in [1.54, 1.807) is 6.92 Å². The maximum Gasteiger partial charge on any atom is 0.282 e. The summed E-state index contributed by atoms with van der Waals surface area (Å²) in [5.41, 5.74) is 1.88. The summed E-state index contributed by atoms with van der Waals surface area (Å²) in [4.78, 5) is 32.2. The first-order chi connectivity index (χ1) is 7.74. The number of rotatable bonds is 3. The van der Waals surface area contributed by atoms with E-state index in [-0.39, 0.29) is 11.1 Å². The molecule has 6 nitrogen and oxygen atoms in total. The number of amides is 1. The van der Waals surface area contributed by atoms with Crippen molar-refractivity contribution in [3.8, 4) is 0 Å². The Morgan fingerprint density at radius 1 is 1.75 bits per heavy atom. The fourth-order valence-corrected chi connectivity index (χ4v) is 2.28. The van der Waals surface area contributed by atoms with Crippen LogP contribution in [-0.4, -0.2) is 27.8 Å². The van der Waals surface area contributed by atoms with E-state index >= 15 is 0 Å². The van der Waals surface area contributed by atoms with E-state index in [1.807, 2.05) is 0 Å². The summed E-state index contributed by atoms with van der Waals surface area (Å²) >= 11 is 1.51. The lowest BCUT2D eigenvalue weighted by atomic mass is 10.3. The molecule has 0 atom stereocenters. The molecule has 2 heterocycles. The number of hydrogen-bond acceptors (Lipinski definition) is 5. The van der Waals surface area contributed by atoms with Crippen LogP contribution in [0.5, 0.6) is 0 Å². The predicted octanol–water partition coefficient (Wildman–Crippen LogP) is 0.0303. The Hall–Kier alpha value is -1.34. The first-order valence-electron chi connectivity index (χ1n) is 4.88. The molecule has 0 aliphatic carbocycles. The molecular formula is C9H11N3O3S. The van der Waals surface area contributed by atoms with E-state index in [1.165, 1.54) is 22.5 Å². The van der Waals surface area contributed by atoms with Crippen LogP contribution in [0.15, 0.2) is 16.1 Å². The van der Waals surface area contributed by atoms with Crippen molar-refractivity contribution in [1.82, 2.24) is 15.0 Å². The summed E-state index contributed by atoms with van der Waals surface area (Å²) in [5.74, 6) is 0.269. The number of fused-ring (bicyclic) bond motifs is 1.